The Kier molecular flexibility index (Phi) is 3.11. The van der Waals surface area contributed by atoms with Gasteiger partial charge in [-0.25, -0.2) is 22.7 Å². The van der Waals surface area contributed by atoms with Crippen LogP contribution in [0.5, 0.6) is 0 Å². The number of carbonyl (C=O) groups is 1. The summed E-state index contributed by atoms with van der Waals surface area (Å²) in [6.07, 6.45) is 3.35. The molecule has 0 saturated heterocycles. The highest BCUT2D eigenvalue weighted by molar-refractivity contribution is 7.92. The Bertz CT molecular complexity index is 770. The van der Waals surface area contributed by atoms with Gasteiger partial charge in [0.2, 0.25) is 10.0 Å². The van der Waals surface area contributed by atoms with Gasteiger partial charge in [-0.05, 0) is 0 Å². The van der Waals surface area contributed by atoms with E-state index in [2.05, 4.69) is 10.1 Å². The van der Waals surface area contributed by atoms with Gasteiger partial charge in [-0.2, -0.15) is 5.10 Å². The van der Waals surface area contributed by atoms with Gasteiger partial charge in [-0.3, -0.25) is 4.31 Å². The molecule has 1 N–H and O–H groups in total. The zero-order valence-electron chi connectivity index (χ0n) is 9.90. The average Bonchev–Trinajstić information content (AvgIpc) is 2.65. The van der Waals surface area contributed by atoms with Crippen molar-refractivity contribution in [3.63, 3.8) is 0 Å². The number of anilines is 1. The summed E-state index contributed by atoms with van der Waals surface area (Å²) in [5, 5.41) is 13.0. The van der Waals surface area contributed by atoms with E-state index in [9.17, 15) is 13.2 Å². The molecule has 0 aliphatic carbocycles. The smallest absolute Gasteiger partial charge is 0.339 e. The lowest BCUT2D eigenvalue weighted by Gasteiger charge is -2.18. The summed E-state index contributed by atoms with van der Waals surface area (Å²) in [6, 6.07) is 0. The first-order chi connectivity index (χ1) is 8.71. The third-order valence-corrected chi connectivity index (χ3v) is 3.84. The van der Waals surface area contributed by atoms with E-state index in [4.69, 9.17) is 16.7 Å². The van der Waals surface area contributed by atoms with E-state index in [-0.39, 0.29) is 22.1 Å². The molecule has 2 aromatic rings. The molecule has 2 rings (SSSR count). The van der Waals surface area contributed by atoms with Crippen molar-refractivity contribution in [1.29, 1.82) is 0 Å². The number of hydrogen-bond donors (Lipinski definition) is 1. The molecule has 0 fully saturated rings. The van der Waals surface area contributed by atoms with Gasteiger partial charge in [0.1, 0.15) is 16.4 Å². The highest BCUT2D eigenvalue weighted by Crippen LogP contribution is 2.27. The normalized spacial score (nSPS) is 11.7. The molecule has 0 aliphatic heterocycles. The first-order valence-corrected chi connectivity index (χ1v) is 7.15. The van der Waals surface area contributed by atoms with Crippen LogP contribution < -0.4 is 4.31 Å². The number of aromatic nitrogens is 3. The second-order valence-electron chi connectivity index (χ2n) is 3.77. The fraction of sp³-hybridized carbons (Fsp3) is 0.222. The molecule has 0 radical (unpaired) electrons. The Balaban J connectivity index is 2.87. The number of hydrogen-bond acceptors (Lipinski definition) is 5. The molecular formula is C9H9ClN4O4S. The Hall–Kier alpha value is -1.87. The monoisotopic (exact) mass is 304 g/mol. The van der Waals surface area contributed by atoms with Gasteiger partial charge in [-0.15, -0.1) is 0 Å². The fourth-order valence-electron chi connectivity index (χ4n) is 1.53. The number of nitrogens with zero attached hydrogens (tertiary/aromatic N) is 4. The molecule has 8 nitrogen and oxygen atoms in total. The first-order valence-electron chi connectivity index (χ1n) is 4.93. The molecule has 0 saturated carbocycles. The maximum absolute atomic E-state index is 11.6. The molecule has 0 bridgehead atoms. The zero-order chi connectivity index (χ0) is 14.4. The average molecular weight is 305 g/mol. The summed E-state index contributed by atoms with van der Waals surface area (Å²) >= 11 is 5.72. The minimum Gasteiger partial charge on any atom is -0.478 e. The van der Waals surface area contributed by atoms with Crippen LogP contribution in [0.15, 0.2) is 12.4 Å². The van der Waals surface area contributed by atoms with E-state index in [1.54, 1.807) is 0 Å². The fourth-order valence-corrected chi connectivity index (χ4v) is 2.21. The molecule has 0 aliphatic rings. The molecule has 2 aromatic heterocycles. The van der Waals surface area contributed by atoms with E-state index >= 15 is 0 Å². The summed E-state index contributed by atoms with van der Waals surface area (Å²) in [4.78, 5) is 15.1. The van der Waals surface area contributed by atoms with Crippen LogP contribution in [0.25, 0.3) is 5.65 Å². The van der Waals surface area contributed by atoms with Gasteiger partial charge in [0.15, 0.2) is 5.65 Å². The standard InChI is InChI=1S/C9H9ClN4O4S/c1-13(19(2,17)18)7-5(9(15)16)3-11-14-4-6(10)12-8(7)14/h3-4H,1-2H3,(H,15,16). The number of carboxylic acid groups (broad SMARTS) is 1. The maximum atomic E-state index is 11.6. The van der Waals surface area contributed by atoms with Crippen LogP contribution in [0.4, 0.5) is 5.69 Å². The predicted molar refractivity (Wildman–Crippen MR) is 68.2 cm³/mol. The van der Waals surface area contributed by atoms with Crippen molar-refractivity contribution in [2.45, 2.75) is 0 Å². The van der Waals surface area contributed by atoms with Crippen molar-refractivity contribution in [2.24, 2.45) is 0 Å². The molecule has 102 valence electrons. The van der Waals surface area contributed by atoms with E-state index in [1.165, 1.54) is 17.8 Å². The van der Waals surface area contributed by atoms with Crippen LogP contribution in [-0.4, -0.2) is 47.4 Å². The van der Waals surface area contributed by atoms with Crippen LogP contribution in [0.3, 0.4) is 0 Å². The number of aromatic carboxylic acids is 1. The van der Waals surface area contributed by atoms with Crippen molar-refractivity contribution in [3.05, 3.63) is 23.1 Å². The largest absolute Gasteiger partial charge is 0.478 e. The molecule has 0 spiro atoms. The van der Waals surface area contributed by atoms with Crippen LogP contribution in [0.1, 0.15) is 10.4 Å². The van der Waals surface area contributed by atoms with E-state index < -0.39 is 16.0 Å². The molecular weight excluding hydrogens is 296 g/mol. The predicted octanol–water partition coefficient (Wildman–Crippen LogP) is 0.477. The highest BCUT2D eigenvalue weighted by Gasteiger charge is 2.24. The molecule has 0 aromatic carbocycles. The molecule has 10 heteroatoms. The Morgan fingerprint density at radius 2 is 2.16 bits per heavy atom. The van der Waals surface area contributed by atoms with Crippen LogP contribution in [0.2, 0.25) is 5.15 Å². The van der Waals surface area contributed by atoms with Gasteiger partial charge >= 0.3 is 5.97 Å². The summed E-state index contributed by atoms with van der Waals surface area (Å²) < 4.78 is 25.2. The number of fused-ring (bicyclic) bond motifs is 1. The second-order valence-corrected chi connectivity index (χ2v) is 6.18. The van der Waals surface area contributed by atoms with E-state index in [0.717, 1.165) is 16.8 Å². The van der Waals surface area contributed by atoms with Crippen molar-refractivity contribution in [1.82, 2.24) is 14.6 Å². The van der Waals surface area contributed by atoms with Gasteiger partial charge < -0.3 is 5.11 Å². The summed E-state index contributed by atoms with van der Waals surface area (Å²) in [6.45, 7) is 0. The maximum Gasteiger partial charge on any atom is 0.339 e. The number of carboxylic acids is 1. The molecule has 19 heavy (non-hydrogen) atoms. The number of halogens is 1. The quantitative estimate of drug-likeness (QED) is 0.884. The van der Waals surface area contributed by atoms with Gasteiger partial charge in [0.05, 0.1) is 18.6 Å². The van der Waals surface area contributed by atoms with Crippen molar-refractivity contribution in [3.8, 4) is 0 Å². The van der Waals surface area contributed by atoms with Gasteiger partial charge in [-0.1, -0.05) is 11.6 Å². The Morgan fingerprint density at radius 3 is 2.68 bits per heavy atom. The number of imidazole rings is 1. The lowest BCUT2D eigenvalue weighted by atomic mass is 10.2. The minimum absolute atomic E-state index is 0.0535. The molecule has 0 atom stereocenters. The summed E-state index contributed by atoms with van der Waals surface area (Å²) in [7, 11) is -2.41. The molecule has 2 heterocycles. The summed E-state index contributed by atoms with van der Waals surface area (Å²) in [5.41, 5.74) is -0.308. The van der Waals surface area contributed by atoms with Crippen molar-refractivity contribution < 1.29 is 18.3 Å². The lowest BCUT2D eigenvalue weighted by Crippen LogP contribution is -2.27. The topological polar surface area (TPSA) is 105 Å². The van der Waals surface area contributed by atoms with Crippen LogP contribution >= 0.6 is 11.6 Å². The molecule has 0 unspecified atom stereocenters. The minimum atomic E-state index is -3.65. The van der Waals surface area contributed by atoms with Crippen molar-refractivity contribution in [2.75, 3.05) is 17.6 Å². The zero-order valence-corrected chi connectivity index (χ0v) is 11.5. The first kappa shape index (κ1) is 13.6. The van der Waals surface area contributed by atoms with Gasteiger partial charge in [0.25, 0.3) is 0 Å². The third kappa shape index (κ3) is 2.34. The van der Waals surface area contributed by atoms with Crippen LogP contribution in [-0.2, 0) is 10.0 Å². The Labute approximate surface area is 113 Å². The summed E-state index contributed by atoms with van der Waals surface area (Å²) in [5.74, 6) is -1.31. The van der Waals surface area contributed by atoms with E-state index in [1.807, 2.05) is 0 Å². The SMILES string of the molecule is CN(c1c(C(=O)O)cnn2cc(Cl)nc12)S(C)(=O)=O. The highest BCUT2D eigenvalue weighted by atomic mass is 35.5. The van der Waals surface area contributed by atoms with Crippen molar-refractivity contribution >= 4 is 38.9 Å². The lowest BCUT2D eigenvalue weighted by molar-refractivity contribution is 0.0697. The molecule has 0 amide bonds. The van der Waals surface area contributed by atoms with Crippen LogP contribution in [0, 0.1) is 0 Å². The Morgan fingerprint density at radius 1 is 1.53 bits per heavy atom. The van der Waals surface area contributed by atoms with E-state index in [0.29, 0.717) is 0 Å². The number of rotatable bonds is 3. The van der Waals surface area contributed by atoms with Gasteiger partial charge in [0, 0.05) is 7.05 Å². The third-order valence-electron chi connectivity index (χ3n) is 2.48. The number of sulfonamides is 1. The second kappa shape index (κ2) is 4.35.